The number of hydrogen-bond donors (Lipinski definition) is 3. The SMILES string of the molecule is CCCC(O)CC.CCCC(O)CO. The van der Waals surface area contributed by atoms with Crippen LogP contribution in [0, 0.1) is 0 Å². The minimum absolute atomic E-state index is 0.0509. The quantitative estimate of drug-likeness (QED) is 0.620. The third-order valence-electron chi connectivity index (χ3n) is 1.93. The van der Waals surface area contributed by atoms with Gasteiger partial charge in [-0.25, -0.2) is 0 Å². The molecule has 0 aromatic rings. The Morgan fingerprint density at radius 3 is 1.43 bits per heavy atom. The van der Waals surface area contributed by atoms with E-state index in [4.69, 9.17) is 15.3 Å². The van der Waals surface area contributed by atoms with Crippen LogP contribution in [0.2, 0.25) is 0 Å². The molecule has 0 saturated heterocycles. The van der Waals surface area contributed by atoms with E-state index in [0.717, 1.165) is 25.7 Å². The maximum Gasteiger partial charge on any atom is 0.0770 e. The van der Waals surface area contributed by atoms with Crippen LogP contribution < -0.4 is 0 Å². The Bertz CT molecular complexity index is 84.5. The normalized spacial score (nSPS) is 14.1. The van der Waals surface area contributed by atoms with Gasteiger partial charge in [0.05, 0.1) is 18.8 Å². The van der Waals surface area contributed by atoms with Crippen LogP contribution in [0.4, 0.5) is 0 Å². The molecule has 0 aromatic heterocycles. The standard InChI is InChI=1S/C6H14O.C5H12O2/c1-3-5-6(7)4-2;1-2-3-5(7)4-6/h6-7H,3-5H2,1-2H3;5-7H,2-4H2,1H3. The smallest absolute Gasteiger partial charge is 0.0770 e. The summed E-state index contributed by atoms with van der Waals surface area (Å²) in [5.74, 6) is 0. The second-order valence-corrected chi connectivity index (χ2v) is 3.48. The molecule has 0 aliphatic carbocycles. The van der Waals surface area contributed by atoms with Gasteiger partial charge in [-0.3, -0.25) is 0 Å². The third-order valence-corrected chi connectivity index (χ3v) is 1.93. The van der Waals surface area contributed by atoms with E-state index in [2.05, 4.69) is 6.92 Å². The zero-order valence-corrected chi connectivity index (χ0v) is 9.74. The van der Waals surface area contributed by atoms with Crippen LogP contribution in [-0.2, 0) is 0 Å². The van der Waals surface area contributed by atoms with E-state index in [-0.39, 0.29) is 12.7 Å². The highest BCUT2D eigenvalue weighted by atomic mass is 16.3. The predicted octanol–water partition coefficient (Wildman–Crippen LogP) is 1.70. The van der Waals surface area contributed by atoms with Crippen molar-refractivity contribution in [2.75, 3.05) is 6.61 Å². The Labute approximate surface area is 87.8 Å². The zero-order chi connectivity index (χ0) is 11.4. The summed E-state index contributed by atoms with van der Waals surface area (Å²) in [6.07, 6.45) is 4.03. The molecule has 0 aliphatic rings. The first kappa shape index (κ1) is 16.3. The van der Waals surface area contributed by atoms with Crippen molar-refractivity contribution in [2.45, 2.75) is 65.1 Å². The monoisotopic (exact) mass is 206 g/mol. The van der Waals surface area contributed by atoms with Crippen LogP contribution in [0.5, 0.6) is 0 Å². The summed E-state index contributed by atoms with van der Waals surface area (Å²) in [4.78, 5) is 0. The fourth-order valence-corrected chi connectivity index (χ4v) is 0.962. The number of rotatable bonds is 6. The lowest BCUT2D eigenvalue weighted by Crippen LogP contribution is -2.10. The summed E-state index contributed by atoms with van der Waals surface area (Å²) in [5.41, 5.74) is 0. The molecule has 0 rings (SSSR count). The van der Waals surface area contributed by atoms with Crippen molar-refractivity contribution in [1.82, 2.24) is 0 Å². The third kappa shape index (κ3) is 14.4. The van der Waals surface area contributed by atoms with E-state index >= 15 is 0 Å². The van der Waals surface area contributed by atoms with Gasteiger partial charge in [0.1, 0.15) is 0 Å². The van der Waals surface area contributed by atoms with Crippen LogP contribution >= 0.6 is 0 Å². The van der Waals surface area contributed by atoms with Crippen molar-refractivity contribution < 1.29 is 15.3 Å². The molecule has 0 amide bonds. The lowest BCUT2D eigenvalue weighted by Gasteiger charge is -2.01. The van der Waals surface area contributed by atoms with E-state index < -0.39 is 6.10 Å². The first-order valence-corrected chi connectivity index (χ1v) is 5.59. The Morgan fingerprint density at radius 2 is 1.29 bits per heavy atom. The molecular formula is C11H26O3. The predicted molar refractivity (Wildman–Crippen MR) is 59.2 cm³/mol. The van der Waals surface area contributed by atoms with Crippen molar-refractivity contribution in [1.29, 1.82) is 0 Å². The summed E-state index contributed by atoms with van der Waals surface area (Å²) < 4.78 is 0. The lowest BCUT2D eigenvalue weighted by atomic mass is 10.2. The summed E-state index contributed by atoms with van der Waals surface area (Å²) in [5, 5.41) is 25.7. The highest BCUT2D eigenvalue weighted by Gasteiger charge is 1.96. The van der Waals surface area contributed by atoms with Gasteiger partial charge in [0, 0.05) is 0 Å². The highest BCUT2D eigenvalue weighted by molar-refractivity contribution is 4.48. The minimum atomic E-state index is -0.495. The van der Waals surface area contributed by atoms with Crippen molar-refractivity contribution in [3.05, 3.63) is 0 Å². The number of aliphatic hydroxyl groups excluding tert-OH is 3. The fraction of sp³-hybridized carbons (Fsp3) is 1.00. The van der Waals surface area contributed by atoms with Gasteiger partial charge in [-0.05, 0) is 19.3 Å². The van der Waals surface area contributed by atoms with Crippen LogP contribution in [0.3, 0.4) is 0 Å². The Kier molecular flexibility index (Phi) is 15.0. The lowest BCUT2D eigenvalue weighted by molar-refractivity contribution is 0.0877. The van der Waals surface area contributed by atoms with Crippen LogP contribution in [0.15, 0.2) is 0 Å². The van der Waals surface area contributed by atoms with Crippen molar-refractivity contribution in [3.63, 3.8) is 0 Å². The summed E-state index contributed by atoms with van der Waals surface area (Å²) in [6.45, 7) is 5.95. The average Bonchev–Trinajstić information content (AvgIpc) is 2.19. The van der Waals surface area contributed by atoms with Gasteiger partial charge in [-0.1, -0.05) is 33.6 Å². The first-order chi connectivity index (χ1) is 6.62. The van der Waals surface area contributed by atoms with Gasteiger partial charge >= 0.3 is 0 Å². The summed E-state index contributed by atoms with van der Waals surface area (Å²) in [6, 6.07) is 0. The second-order valence-electron chi connectivity index (χ2n) is 3.48. The minimum Gasteiger partial charge on any atom is -0.394 e. The van der Waals surface area contributed by atoms with Gasteiger partial charge in [0.2, 0.25) is 0 Å². The highest BCUT2D eigenvalue weighted by Crippen LogP contribution is 1.98. The maximum absolute atomic E-state index is 8.86. The fourth-order valence-electron chi connectivity index (χ4n) is 0.962. The van der Waals surface area contributed by atoms with Crippen LogP contribution in [-0.4, -0.2) is 34.1 Å². The molecule has 0 radical (unpaired) electrons. The van der Waals surface area contributed by atoms with Gasteiger partial charge in [-0.2, -0.15) is 0 Å². The molecular weight excluding hydrogens is 180 g/mol. The zero-order valence-electron chi connectivity index (χ0n) is 9.74. The summed E-state index contributed by atoms with van der Waals surface area (Å²) >= 11 is 0. The molecule has 0 bridgehead atoms. The molecule has 88 valence electrons. The van der Waals surface area contributed by atoms with Crippen LogP contribution in [0.25, 0.3) is 0 Å². The van der Waals surface area contributed by atoms with Crippen molar-refractivity contribution >= 4 is 0 Å². The van der Waals surface area contributed by atoms with E-state index in [1.165, 1.54) is 0 Å². The van der Waals surface area contributed by atoms with E-state index in [9.17, 15) is 0 Å². The molecule has 2 unspecified atom stereocenters. The van der Waals surface area contributed by atoms with Gasteiger partial charge in [0.25, 0.3) is 0 Å². The average molecular weight is 206 g/mol. The van der Waals surface area contributed by atoms with E-state index in [0.29, 0.717) is 6.42 Å². The van der Waals surface area contributed by atoms with Crippen molar-refractivity contribution in [3.8, 4) is 0 Å². The molecule has 2 atom stereocenters. The van der Waals surface area contributed by atoms with E-state index in [1.807, 2.05) is 13.8 Å². The molecule has 3 heteroatoms. The topological polar surface area (TPSA) is 60.7 Å². The Hall–Kier alpha value is -0.120. The molecule has 0 spiro atoms. The second kappa shape index (κ2) is 12.9. The molecule has 3 nitrogen and oxygen atoms in total. The first-order valence-electron chi connectivity index (χ1n) is 5.59. The van der Waals surface area contributed by atoms with E-state index in [1.54, 1.807) is 0 Å². The summed E-state index contributed by atoms with van der Waals surface area (Å²) in [7, 11) is 0. The van der Waals surface area contributed by atoms with Crippen LogP contribution in [0.1, 0.15) is 52.9 Å². The number of hydrogen-bond acceptors (Lipinski definition) is 3. The Balaban J connectivity index is 0. The maximum atomic E-state index is 8.86. The molecule has 0 fully saturated rings. The van der Waals surface area contributed by atoms with Gasteiger partial charge in [0.15, 0.2) is 0 Å². The molecule has 3 N–H and O–H groups in total. The molecule has 0 saturated carbocycles. The Morgan fingerprint density at radius 1 is 0.857 bits per heavy atom. The van der Waals surface area contributed by atoms with Gasteiger partial charge < -0.3 is 15.3 Å². The largest absolute Gasteiger partial charge is 0.394 e. The molecule has 0 aromatic carbocycles. The molecule has 14 heavy (non-hydrogen) atoms. The van der Waals surface area contributed by atoms with Crippen molar-refractivity contribution in [2.24, 2.45) is 0 Å². The molecule has 0 heterocycles. The molecule has 0 aliphatic heterocycles. The number of aliphatic hydroxyl groups is 3. The van der Waals surface area contributed by atoms with Gasteiger partial charge in [-0.15, -0.1) is 0 Å².